The number of hydrogen-bond acceptors (Lipinski definition) is 3. The number of ether oxygens (including phenoxy) is 1. The molecular weight excluding hydrogens is 250 g/mol. The molecule has 2 aromatic rings. The maximum absolute atomic E-state index is 5.41. The van der Waals surface area contributed by atoms with Gasteiger partial charge in [0.1, 0.15) is 0 Å². The van der Waals surface area contributed by atoms with Crippen molar-refractivity contribution in [3.8, 4) is 0 Å². The maximum atomic E-state index is 5.41. The minimum atomic E-state index is 0.535. The summed E-state index contributed by atoms with van der Waals surface area (Å²) >= 11 is 0. The van der Waals surface area contributed by atoms with Crippen LogP contribution in [0, 0.1) is 5.92 Å². The summed E-state index contributed by atoms with van der Waals surface area (Å²) in [6.45, 7) is 3.96. The highest BCUT2D eigenvalue weighted by Crippen LogP contribution is 2.33. The van der Waals surface area contributed by atoms with Crippen LogP contribution < -0.4 is 0 Å². The molecule has 0 radical (unpaired) electrons. The fourth-order valence-corrected chi connectivity index (χ4v) is 3.17. The van der Waals surface area contributed by atoms with Crippen LogP contribution in [0.15, 0.2) is 42.9 Å². The summed E-state index contributed by atoms with van der Waals surface area (Å²) in [6, 6.07) is 8.46. The molecule has 1 aliphatic rings. The Bertz CT molecular complexity index is 512. The van der Waals surface area contributed by atoms with E-state index in [1.165, 1.54) is 11.3 Å². The number of pyridine rings is 1. The molecule has 0 aliphatic carbocycles. The molecule has 1 fully saturated rings. The van der Waals surface area contributed by atoms with E-state index in [2.05, 4.69) is 39.1 Å². The topological polar surface area (TPSA) is 41.1 Å². The zero-order valence-corrected chi connectivity index (χ0v) is 11.8. The van der Waals surface area contributed by atoms with Crippen LogP contribution in [0.25, 0.3) is 0 Å². The molecule has 0 bridgehead atoms. The number of hydrogen-bond donors (Lipinski definition) is 1. The third-order valence-electron chi connectivity index (χ3n) is 4.09. The van der Waals surface area contributed by atoms with Crippen LogP contribution >= 0.6 is 0 Å². The van der Waals surface area contributed by atoms with Gasteiger partial charge < -0.3 is 9.72 Å². The van der Waals surface area contributed by atoms with E-state index in [-0.39, 0.29) is 0 Å². The molecule has 1 saturated heterocycles. The van der Waals surface area contributed by atoms with Gasteiger partial charge in [0.2, 0.25) is 0 Å². The Kier molecular flexibility index (Phi) is 4.14. The molecule has 1 aliphatic heterocycles. The highest BCUT2D eigenvalue weighted by Gasteiger charge is 2.33. The first-order chi connectivity index (χ1) is 9.86. The van der Waals surface area contributed by atoms with Crippen LogP contribution in [0.2, 0.25) is 0 Å². The van der Waals surface area contributed by atoms with Gasteiger partial charge in [-0.3, -0.25) is 9.88 Å². The Balaban J connectivity index is 1.72. The van der Waals surface area contributed by atoms with E-state index in [4.69, 9.17) is 4.74 Å². The summed E-state index contributed by atoms with van der Waals surface area (Å²) < 4.78 is 5.41. The van der Waals surface area contributed by atoms with Crippen molar-refractivity contribution in [2.75, 3.05) is 26.8 Å². The Labute approximate surface area is 119 Å². The number of likely N-dealkylation sites (tertiary alicyclic amines) is 1. The lowest BCUT2D eigenvalue weighted by molar-refractivity contribution is 0.147. The number of nitrogens with zero attached hydrogens (tertiary/aromatic N) is 2. The van der Waals surface area contributed by atoms with Crippen molar-refractivity contribution in [3.05, 3.63) is 54.1 Å². The molecule has 106 valence electrons. The first-order valence-electron chi connectivity index (χ1n) is 7.10. The van der Waals surface area contributed by atoms with Crippen LogP contribution in [0.1, 0.15) is 17.2 Å². The van der Waals surface area contributed by atoms with Gasteiger partial charge in [-0.2, -0.15) is 0 Å². The van der Waals surface area contributed by atoms with Gasteiger partial charge in [0, 0.05) is 62.9 Å². The Morgan fingerprint density at radius 2 is 2.15 bits per heavy atom. The third-order valence-corrected chi connectivity index (χ3v) is 4.09. The smallest absolute Gasteiger partial charge is 0.0509 e. The SMILES string of the molecule is COCC1CN(Cc2ccc[nH]2)CC1c1ccncc1. The molecule has 2 unspecified atom stereocenters. The van der Waals surface area contributed by atoms with Crippen LogP contribution in [-0.2, 0) is 11.3 Å². The second-order valence-electron chi connectivity index (χ2n) is 5.49. The second-order valence-corrected chi connectivity index (χ2v) is 5.49. The molecule has 2 atom stereocenters. The second kappa shape index (κ2) is 6.20. The molecule has 1 N–H and O–H groups in total. The van der Waals surface area contributed by atoms with Crippen molar-refractivity contribution in [3.63, 3.8) is 0 Å². The monoisotopic (exact) mass is 271 g/mol. The average molecular weight is 271 g/mol. The highest BCUT2D eigenvalue weighted by molar-refractivity contribution is 5.20. The highest BCUT2D eigenvalue weighted by atomic mass is 16.5. The molecule has 4 heteroatoms. The summed E-state index contributed by atoms with van der Waals surface area (Å²) in [6.07, 6.45) is 5.75. The number of nitrogens with one attached hydrogen (secondary N) is 1. The minimum absolute atomic E-state index is 0.535. The number of methoxy groups -OCH3 is 1. The molecule has 3 rings (SSSR count). The molecule has 20 heavy (non-hydrogen) atoms. The third kappa shape index (κ3) is 2.92. The fraction of sp³-hybridized carbons (Fsp3) is 0.438. The van der Waals surface area contributed by atoms with Crippen LogP contribution in [0.5, 0.6) is 0 Å². The number of aromatic nitrogens is 2. The summed E-state index contributed by atoms with van der Waals surface area (Å²) in [7, 11) is 1.79. The van der Waals surface area contributed by atoms with E-state index in [9.17, 15) is 0 Å². The maximum Gasteiger partial charge on any atom is 0.0509 e. The van der Waals surface area contributed by atoms with Crippen molar-refractivity contribution in [2.45, 2.75) is 12.5 Å². The van der Waals surface area contributed by atoms with Crippen molar-refractivity contribution < 1.29 is 4.74 Å². The first-order valence-corrected chi connectivity index (χ1v) is 7.10. The molecule has 0 spiro atoms. The standard InChI is InChI=1S/C16H21N3O/c1-20-12-14-9-19(10-15-3-2-6-18-15)11-16(14)13-4-7-17-8-5-13/h2-8,14,16,18H,9-12H2,1H3. The molecule has 4 nitrogen and oxygen atoms in total. The molecule has 0 aromatic carbocycles. The summed E-state index contributed by atoms with van der Waals surface area (Å²) in [5.74, 6) is 1.09. The molecule has 0 saturated carbocycles. The lowest BCUT2D eigenvalue weighted by atomic mass is 9.90. The van der Waals surface area contributed by atoms with Crippen molar-refractivity contribution in [1.29, 1.82) is 0 Å². The van der Waals surface area contributed by atoms with E-state index in [0.717, 1.165) is 26.2 Å². The fourth-order valence-electron chi connectivity index (χ4n) is 3.17. The van der Waals surface area contributed by atoms with E-state index in [0.29, 0.717) is 11.8 Å². The zero-order chi connectivity index (χ0) is 13.8. The minimum Gasteiger partial charge on any atom is -0.384 e. The predicted octanol–water partition coefficient (Wildman–Crippen LogP) is 2.27. The first kappa shape index (κ1) is 13.3. The Hall–Kier alpha value is -1.65. The summed E-state index contributed by atoms with van der Waals surface area (Å²) in [4.78, 5) is 9.90. The summed E-state index contributed by atoms with van der Waals surface area (Å²) in [5.41, 5.74) is 2.65. The number of rotatable bonds is 5. The van der Waals surface area contributed by atoms with Crippen LogP contribution in [0.3, 0.4) is 0 Å². The van der Waals surface area contributed by atoms with Gasteiger partial charge in [0.25, 0.3) is 0 Å². The summed E-state index contributed by atoms with van der Waals surface area (Å²) in [5, 5.41) is 0. The zero-order valence-electron chi connectivity index (χ0n) is 11.8. The largest absolute Gasteiger partial charge is 0.384 e. The van der Waals surface area contributed by atoms with E-state index in [1.54, 1.807) is 7.11 Å². The Morgan fingerprint density at radius 1 is 1.30 bits per heavy atom. The van der Waals surface area contributed by atoms with Crippen LogP contribution in [0.4, 0.5) is 0 Å². The normalized spacial score (nSPS) is 23.2. The van der Waals surface area contributed by atoms with E-state index < -0.39 is 0 Å². The molecular formula is C16H21N3O. The van der Waals surface area contributed by atoms with Gasteiger partial charge in [-0.25, -0.2) is 0 Å². The lowest BCUT2D eigenvalue weighted by Crippen LogP contribution is -2.21. The molecule has 2 aromatic heterocycles. The molecule has 0 amide bonds. The van der Waals surface area contributed by atoms with E-state index >= 15 is 0 Å². The van der Waals surface area contributed by atoms with Gasteiger partial charge in [-0.15, -0.1) is 0 Å². The van der Waals surface area contributed by atoms with Gasteiger partial charge in [0.05, 0.1) is 6.61 Å². The van der Waals surface area contributed by atoms with Gasteiger partial charge in [0.15, 0.2) is 0 Å². The van der Waals surface area contributed by atoms with Crippen molar-refractivity contribution in [1.82, 2.24) is 14.9 Å². The van der Waals surface area contributed by atoms with Gasteiger partial charge in [-0.05, 0) is 29.8 Å². The molecule has 3 heterocycles. The lowest BCUT2D eigenvalue weighted by Gasteiger charge is -2.17. The van der Waals surface area contributed by atoms with Gasteiger partial charge >= 0.3 is 0 Å². The van der Waals surface area contributed by atoms with E-state index in [1.807, 2.05) is 18.6 Å². The van der Waals surface area contributed by atoms with Crippen molar-refractivity contribution >= 4 is 0 Å². The van der Waals surface area contributed by atoms with Gasteiger partial charge in [-0.1, -0.05) is 0 Å². The van der Waals surface area contributed by atoms with Crippen LogP contribution in [-0.4, -0.2) is 41.7 Å². The number of aromatic amines is 1. The predicted molar refractivity (Wildman–Crippen MR) is 78.4 cm³/mol. The average Bonchev–Trinajstić information content (AvgIpc) is 3.11. The Morgan fingerprint density at radius 3 is 2.85 bits per heavy atom. The van der Waals surface area contributed by atoms with Crippen molar-refractivity contribution in [2.24, 2.45) is 5.92 Å². The quantitative estimate of drug-likeness (QED) is 0.907. The number of H-pyrrole nitrogens is 1.